The molecule has 0 radical (unpaired) electrons. The molecule has 1 heterocycles. The van der Waals surface area contributed by atoms with Crippen LogP contribution in [-0.2, 0) is 32.0 Å². The zero-order valence-electron chi connectivity index (χ0n) is 15.9. The molecule has 0 spiro atoms. The van der Waals surface area contributed by atoms with E-state index in [0.29, 0.717) is 11.6 Å². The van der Waals surface area contributed by atoms with Crippen LogP contribution in [-0.4, -0.2) is 41.3 Å². The highest BCUT2D eigenvalue weighted by Gasteiger charge is 2.45. The van der Waals surface area contributed by atoms with Crippen molar-refractivity contribution in [3.63, 3.8) is 0 Å². The fourth-order valence-electron chi connectivity index (χ4n) is 2.91. The number of esters is 1. The summed E-state index contributed by atoms with van der Waals surface area (Å²) in [5, 5.41) is 2.40. The largest absolute Gasteiger partial charge is 0.467 e. The van der Waals surface area contributed by atoms with Gasteiger partial charge in [0.1, 0.15) is 11.6 Å². The molecule has 0 bridgehead atoms. The van der Waals surface area contributed by atoms with Crippen molar-refractivity contribution in [2.45, 2.75) is 31.3 Å². The van der Waals surface area contributed by atoms with Gasteiger partial charge in [0, 0.05) is 24.9 Å². The van der Waals surface area contributed by atoms with E-state index < -0.39 is 40.9 Å². The van der Waals surface area contributed by atoms with Crippen LogP contribution in [0.25, 0.3) is 0 Å². The molecule has 0 aliphatic rings. The van der Waals surface area contributed by atoms with Crippen molar-refractivity contribution in [3.05, 3.63) is 65.5 Å². The van der Waals surface area contributed by atoms with E-state index in [0.717, 1.165) is 19.2 Å². The molecular formula is C20H21F2N3O4. The van der Waals surface area contributed by atoms with Gasteiger partial charge in [-0.25, -0.2) is 13.6 Å². The summed E-state index contributed by atoms with van der Waals surface area (Å²) in [6, 6.07) is 4.83. The van der Waals surface area contributed by atoms with Crippen molar-refractivity contribution in [1.29, 1.82) is 0 Å². The Hall–Kier alpha value is -3.20. The van der Waals surface area contributed by atoms with Crippen molar-refractivity contribution < 1.29 is 27.9 Å². The van der Waals surface area contributed by atoms with Crippen molar-refractivity contribution in [2.75, 3.05) is 7.11 Å². The summed E-state index contributed by atoms with van der Waals surface area (Å²) in [4.78, 5) is 41.3. The van der Waals surface area contributed by atoms with Crippen LogP contribution in [0.15, 0.2) is 42.7 Å². The first-order valence-corrected chi connectivity index (χ1v) is 8.70. The fourth-order valence-corrected chi connectivity index (χ4v) is 2.91. The topological polar surface area (TPSA) is 111 Å². The van der Waals surface area contributed by atoms with Gasteiger partial charge >= 0.3 is 5.97 Å². The number of nitrogens with zero attached hydrogens (tertiary/aromatic N) is 1. The number of ketones is 1. The van der Waals surface area contributed by atoms with Crippen molar-refractivity contribution >= 4 is 17.7 Å². The highest BCUT2D eigenvalue weighted by atomic mass is 19.1. The fraction of sp³-hybridized carbons (Fsp3) is 0.300. The van der Waals surface area contributed by atoms with Crippen LogP contribution in [0.1, 0.15) is 18.1 Å². The SMILES string of the molecule is COC(=O)[C@](N)(Cc1cccnc1)C(=O)[C@H](C)NC(=O)Cc1cc(F)cc(F)c1. The smallest absolute Gasteiger partial charge is 0.334 e. The summed E-state index contributed by atoms with van der Waals surface area (Å²) in [7, 11) is 1.10. The van der Waals surface area contributed by atoms with Gasteiger partial charge in [0.15, 0.2) is 11.3 Å². The molecule has 29 heavy (non-hydrogen) atoms. The molecule has 2 rings (SSSR count). The van der Waals surface area contributed by atoms with Crippen LogP contribution >= 0.6 is 0 Å². The van der Waals surface area contributed by atoms with E-state index in [1.165, 1.54) is 19.3 Å². The predicted octanol–water partition coefficient (Wildman–Crippen LogP) is 1.09. The third-order valence-corrected chi connectivity index (χ3v) is 4.25. The lowest BCUT2D eigenvalue weighted by atomic mass is 9.85. The third-order valence-electron chi connectivity index (χ3n) is 4.25. The molecule has 0 saturated heterocycles. The molecule has 0 fully saturated rings. The lowest BCUT2D eigenvalue weighted by molar-refractivity contribution is -0.152. The number of benzene rings is 1. The van der Waals surface area contributed by atoms with Crippen molar-refractivity contribution in [2.24, 2.45) is 5.73 Å². The van der Waals surface area contributed by atoms with E-state index in [4.69, 9.17) is 5.73 Å². The van der Waals surface area contributed by atoms with E-state index in [2.05, 4.69) is 15.0 Å². The Morgan fingerprint density at radius 2 is 1.86 bits per heavy atom. The number of halogens is 2. The number of Topliss-reactive ketones (excluding diaryl/α,β-unsaturated/α-hetero) is 1. The molecule has 2 aromatic rings. The van der Waals surface area contributed by atoms with Gasteiger partial charge in [-0.15, -0.1) is 0 Å². The lowest BCUT2D eigenvalue weighted by Crippen LogP contribution is -2.62. The Morgan fingerprint density at radius 3 is 2.41 bits per heavy atom. The molecule has 9 heteroatoms. The van der Waals surface area contributed by atoms with Gasteiger partial charge in [0.05, 0.1) is 19.6 Å². The minimum Gasteiger partial charge on any atom is -0.467 e. The molecule has 0 aliphatic heterocycles. The number of carbonyl (C=O) groups is 3. The summed E-state index contributed by atoms with van der Waals surface area (Å²) in [6.07, 6.45) is 2.45. The number of pyridine rings is 1. The highest BCUT2D eigenvalue weighted by Crippen LogP contribution is 2.16. The number of nitrogens with two attached hydrogens (primary N) is 1. The molecule has 1 amide bonds. The standard InChI is InChI=1S/C20H21F2N3O4/c1-12(25-17(26)8-14-6-15(21)9-16(22)7-14)18(27)20(23,19(28)29-2)10-13-4-3-5-24-11-13/h3-7,9,11-12H,8,10,23H2,1-2H3,(H,25,26)/t12-,20-/m0/s1. The lowest BCUT2D eigenvalue weighted by Gasteiger charge is -2.28. The number of methoxy groups -OCH3 is 1. The molecule has 1 aromatic heterocycles. The maximum atomic E-state index is 13.3. The van der Waals surface area contributed by atoms with Crippen LogP contribution in [0.5, 0.6) is 0 Å². The number of rotatable bonds is 8. The number of amides is 1. The number of hydrogen-bond acceptors (Lipinski definition) is 6. The first-order chi connectivity index (χ1) is 13.7. The summed E-state index contributed by atoms with van der Waals surface area (Å²) < 4.78 is 31.2. The van der Waals surface area contributed by atoms with Crippen LogP contribution in [0.4, 0.5) is 8.78 Å². The number of carbonyl (C=O) groups excluding carboxylic acids is 3. The summed E-state index contributed by atoms with van der Waals surface area (Å²) >= 11 is 0. The van der Waals surface area contributed by atoms with Gasteiger partial charge in [-0.2, -0.15) is 0 Å². The van der Waals surface area contributed by atoms with Gasteiger partial charge in [-0.3, -0.25) is 14.6 Å². The Bertz CT molecular complexity index is 888. The summed E-state index contributed by atoms with van der Waals surface area (Å²) in [5.74, 6) is -4.03. The molecule has 0 aliphatic carbocycles. The normalized spacial score (nSPS) is 13.8. The van der Waals surface area contributed by atoms with Gasteiger partial charge in [0.25, 0.3) is 0 Å². The molecule has 3 N–H and O–H groups in total. The highest BCUT2D eigenvalue weighted by molar-refractivity contribution is 6.11. The van der Waals surface area contributed by atoms with Crippen LogP contribution in [0.3, 0.4) is 0 Å². The second kappa shape index (κ2) is 9.33. The Kier molecular flexibility index (Phi) is 7.11. The Balaban J connectivity index is 2.13. The zero-order valence-corrected chi connectivity index (χ0v) is 15.9. The van der Waals surface area contributed by atoms with E-state index in [1.54, 1.807) is 12.1 Å². The van der Waals surface area contributed by atoms with E-state index in [-0.39, 0.29) is 18.4 Å². The molecule has 154 valence electrons. The Labute approximate surface area is 166 Å². The first kappa shape index (κ1) is 22.1. The number of ether oxygens (including phenoxy) is 1. The molecule has 1 aromatic carbocycles. The van der Waals surface area contributed by atoms with Gasteiger partial charge in [0.2, 0.25) is 5.91 Å². The summed E-state index contributed by atoms with van der Waals surface area (Å²) in [5.41, 5.74) is 4.68. The Morgan fingerprint density at radius 1 is 1.21 bits per heavy atom. The van der Waals surface area contributed by atoms with Gasteiger partial charge < -0.3 is 15.8 Å². The summed E-state index contributed by atoms with van der Waals surface area (Å²) in [6.45, 7) is 1.36. The van der Waals surface area contributed by atoms with Crippen molar-refractivity contribution in [1.82, 2.24) is 10.3 Å². The molecular weight excluding hydrogens is 384 g/mol. The first-order valence-electron chi connectivity index (χ1n) is 8.70. The molecule has 2 atom stereocenters. The van der Waals surface area contributed by atoms with Crippen LogP contribution in [0, 0.1) is 11.6 Å². The average Bonchev–Trinajstić information content (AvgIpc) is 2.66. The van der Waals surface area contributed by atoms with Crippen molar-refractivity contribution in [3.8, 4) is 0 Å². The molecule has 7 nitrogen and oxygen atoms in total. The quantitative estimate of drug-likeness (QED) is 0.502. The zero-order chi connectivity index (χ0) is 21.6. The van der Waals surface area contributed by atoms with E-state index in [1.807, 2.05) is 0 Å². The molecule has 0 saturated carbocycles. The monoisotopic (exact) mass is 405 g/mol. The average molecular weight is 405 g/mol. The maximum Gasteiger partial charge on any atom is 0.334 e. The van der Waals surface area contributed by atoms with E-state index in [9.17, 15) is 23.2 Å². The minimum atomic E-state index is -2.05. The maximum absolute atomic E-state index is 13.3. The predicted molar refractivity (Wildman–Crippen MR) is 99.5 cm³/mol. The van der Waals surface area contributed by atoms with Crippen LogP contribution < -0.4 is 11.1 Å². The second-order valence-electron chi connectivity index (χ2n) is 6.61. The minimum absolute atomic E-state index is 0.0991. The molecule has 0 unspecified atom stereocenters. The number of nitrogens with one attached hydrogen (secondary N) is 1. The van der Waals surface area contributed by atoms with Gasteiger partial charge in [-0.05, 0) is 36.2 Å². The number of hydrogen-bond donors (Lipinski definition) is 2. The number of aromatic nitrogens is 1. The van der Waals surface area contributed by atoms with Gasteiger partial charge in [-0.1, -0.05) is 6.07 Å². The third kappa shape index (κ3) is 5.64. The van der Waals surface area contributed by atoms with E-state index >= 15 is 0 Å². The second-order valence-corrected chi connectivity index (χ2v) is 6.61. The van der Waals surface area contributed by atoms with Crippen LogP contribution in [0.2, 0.25) is 0 Å².